The summed E-state index contributed by atoms with van der Waals surface area (Å²) in [5, 5.41) is 35.4. The first-order valence-electron chi connectivity index (χ1n) is 12.0. The van der Waals surface area contributed by atoms with Crippen molar-refractivity contribution >= 4 is 35.6 Å². The molecule has 39 heavy (non-hydrogen) atoms. The molecule has 1 aromatic carbocycles. The van der Waals surface area contributed by atoms with E-state index in [1.807, 2.05) is 0 Å². The molecule has 0 aliphatic rings. The maximum atomic E-state index is 13.1. The molecule has 0 aromatic heterocycles. The molecule has 216 valence electrons. The van der Waals surface area contributed by atoms with E-state index in [1.54, 1.807) is 0 Å². The van der Waals surface area contributed by atoms with Gasteiger partial charge in [0.2, 0.25) is 23.6 Å². The molecule has 0 saturated heterocycles. The van der Waals surface area contributed by atoms with Gasteiger partial charge in [-0.2, -0.15) is 0 Å². The molecule has 0 heterocycles. The third-order valence-corrected chi connectivity index (χ3v) is 5.42. The second-order valence-corrected chi connectivity index (χ2v) is 8.64. The number of carbonyl (C=O) groups is 5. The summed E-state index contributed by atoms with van der Waals surface area (Å²) in [6.45, 7) is -0.658. The summed E-state index contributed by atoms with van der Waals surface area (Å²) in [5.41, 5.74) is 22.0. The summed E-state index contributed by atoms with van der Waals surface area (Å²) in [6.07, 6.45) is -0.119. The predicted molar refractivity (Wildman–Crippen MR) is 139 cm³/mol. The summed E-state index contributed by atoms with van der Waals surface area (Å²) in [7, 11) is 0. The van der Waals surface area contributed by atoms with Crippen LogP contribution in [0.5, 0.6) is 5.75 Å². The van der Waals surface area contributed by atoms with Gasteiger partial charge in [-0.05, 0) is 37.0 Å². The van der Waals surface area contributed by atoms with E-state index in [0.717, 1.165) is 0 Å². The lowest BCUT2D eigenvalue weighted by atomic mass is 10.0. The minimum absolute atomic E-state index is 0.0204. The first kappa shape index (κ1) is 32.6. The minimum Gasteiger partial charge on any atom is -0.508 e. The van der Waals surface area contributed by atoms with Crippen LogP contribution in [0.25, 0.3) is 0 Å². The Hall–Kier alpha value is -4.44. The third kappa shape index (κ3) is 12.6. The summed E-state index contributed by atoms with van der Waals surface area (Å²) < 4.78 is 0. The fraction of sp³-hybridized carbons (Fsp3) is 0.478. The molecule has 4 atom stereocenters. The zero-order chi connectivity index (χ0) is 29.5. The number of phenols is 1. The molecule has 14 N–H and O–H groups in total. The summed E-state index contributed by atoms with van der Waals surface area (Å²) in [4.78, 5) is 64.6. The number of carboxylic acids is 1. The highest BCUT2D eigenvalue weighted by Crippen LogP contribution is 2.12. The molecule has 0 aliphatic heterocycles. The van der Waals surface area contributed by atoms with Crippen LogP contribution >= 0.6 is 0 Å². The average Bonchev–Trinajstić information content (AvgIpc) is 2.87. The molecule has 0 saturated carbocycles. The van der Waals surface area contributed by atoms with Crippen LogP contribution in [0.15, 0.2) is 29.3 Å². The monoisotopic (exact) mass is 552 g/mol. The van der Waals surface area contributed by atoms with Crippen LogP contribution in [0, 0.1) is 0 Å². The van der Waals surface area contributed by atoms with Crippen molar-refractivity contribution in [3.63, 3.8) is 0 Å². The van der Waals surface area contributed by atoms with Gasteiger partial charge in [0.15, 0.2) is 5.96 Å². The number of hydrogen-bond donors (Lipinski definition) is 10. The molecule has 16 nitrogen and oxygen atoms in total. The van der Waals surface area contributed by atoms with Crippen LogP contribution in [0.4, 0.5) is 0 Å². The van der Waals surface area contributed by atoms with E-state index in [1.165, 1.54) is 24.3 Å². The Kier molecular flexibility index (Phi) is 13.7. The van der Waals surface area contributed by atoms with Gasteiger partial charge in [-0.3, -0.25) is 24.2 Å². The number of aliphatic carboxylic acids is 1. The molecule has 0 spiro atoms. The van der Waals surface area contributed by atoms with E-state index in [4.69, 9.17) is 22.9 Å². The number of hydrogen-bond acceptors (Lipinski definition) is 9. The van der Waals surface area contributed by atoms with Crippen LogP contribution in [0.2, 0.25) is 0 Å². The van der Waals surface area contributed by atoms with Crippen LogP contribution < -0.4 is 38.9 Å². The topological polar surface area (TPSA) is 299 Å². The zero-order valence-electron chi connectivity index (χ0n) is 21.2. The van der Waals surface area contributed by atoms with Crippen LogP contribution in [-0.2, 0) is 30.4 Å². The predicted octanol–water partition coefficient (Wildman–Crippen LogP) is -3.89. The number of aliphatic imine (C=N–C) groups is 1. The Bertz CT molecular complexity index is 1030. The van der Waals surface area contributed by atoms with Gasteiger partial charge in [0.25, 0.3) is 0 Å². The van der Waals surface area contributed by atoms with E-state index >= 15 is 0 Å². The number of benzene rings is 1. The Morgan fingerprint density at radius 1 is 0.846 bits per heavy atom. The number of phenolic OH excluding ortho intramolecular Hbond substituents is 1. The Balaban J connectivity index is 2.97. The van der Waals surface area contributed by atoms with Crippen molar-refractivity contribution in [3.8, 4) is 5.75 Å². The lowest BCUT2D eigenvalue weighted by Crippen LogP contribution is -2.58. The number of aliphatic hydroxyl groups excluding tert-OH is 1. The van der Waals surface area contributed by atoms with Gasteiger partial charge in [0, 0.05) is 19.4 Å². The first-order chi connectivity index (χ1) is 18.3. The lowest BCUT2D eigenvalue weighted by molar-refractivity contribution is -0.143. The van der Waals surface area contributed by atoms with Crippen molar-refractivity contribution in [2.24, 2.45) is 27.9 Å². The largest absolute Gasteiger partial charge is 0.508 e. The van der Waals surface area contributed by atoms with Crippen molar-refractivity contribution in [1.82, 2.24) is 16.0 Å². The Morgan fingerprint density at radius 2 is 1.41 bits per heavy atom. The highest BCUT2D eigenvalue weighted by Gasteiger charge is 2.30. The summed E-state index contributed by atoms with van der Waals surface area (Å²) in [6, 6.07) is 0.423. The number of amides is 4. The van der Waals surface area contributed by atoms with Crippen LogP contribution in [0.3, 0.4) is 0 Å². The zero-order valence-corrected chi connectivity index (χ0v) is 21.2. The van der Waals surface area contributed by atoms with Gasteiger partial charge in [0.05, 0.1) is 12.6 Å². The number of carboxylic acid groups (broad SMARTS) is 1. The van der Waals surface area contributed by atoms with Crippen LogP contribution in [0.1, 0.15) is 31.2 Å². The van der Waals surface area contributed by atoms with Crippen molar-refractivity contribution in [1.29, 1.82) is 0 Å². The normalized spacial score (nSPS) is 13.7. The number of primary amides is 1. The van der Waals surface area contributed by atoms with Gasteiger partial charge in [-0.25, -0.2) is 4.79 Å². The van der Waals surface area contributed by atoms with Gasteiger partial charge >= 0.3 is 5.97 Å². The molecule has 4 unspecified atom stereocenters. The smallest absolute Gasteiger partial charge is 0.326 e. The van der Waals surface area contributed by atoms with Gasteiger partial charge < -0.3 is 54.2 Å². The number of nitrogens with zero attached hydrogens (tertiary/aromatic N) is 1. The highest BCUT2D eigenvalue weighted by molar-refractivity contribution is 5.94. The fourth-order valence-electron chi connectivity index (χ4n) is 3.29. The summed E-state index contributed by atoms with van der Waals surface area (Å²) in [5.74, 6) is -4.93. The number of nitrogens with one attached hydrogen (secondary N) is 3. The Labute approximate surface area is 224 Å². The maximum Gasteiger partial charge on any atom is 0.326 e. The minimum atomic E-state index is -1.58. The molecule has 0 fully saturated rings. The summed E-state index contributed by atoms with van der Waals surface area (Å²) >= 11 is 0. The van der Waals surface area contributed by atoms with Crippen molar-refractivity contribution in [2.75, 3.05) is 13.2 Å². The van der Waals surface area contributed by atoms with Crippen molar-refractivity contribution in [3.05, 3.63) is 29.8 Å². The molecule has 4 amide bonds. The lowest BCUT2D eigenvalue weighted by Gasteiger charge is -2.24. The molecule has 1 aromatic rings. The molecular formula is C23H36N8O8. The molecule has 0 aliphatic carbocycles. The fourth-order valence-corrected chi connectivity index (χ4v) is 3.29. The van der Waals surface area contributed by atoms with E-state index in [9.17, 15) is 39.3 Å². The number of rotatable bonds is 17. The number of aromatic hydroxyl groups is 1. The third-order valence-electron chi connectivity index (χ3n) is 5.42. The molecule has 0 bridgehead atoms. The van der Waals surface area contributed by atoms with Crippen molar-refractivity contribution < 1.29 is 39.3 Å². The maximum absolute atomic E-state index is 13.1. The van der Waals surface area contributed by atoms with Crippen molar-refractivity contribution in [2.45, 2.75) is 56.3 Å². The SMILES string of the molecule is NC(=O)CCC(NC(=O)C(CO)NC(=O)C(Cc1ccc(O)cc1)NC(=O)C(N)CCCN=C(N)N)C(=O)O. The molecular weight excluding hydrogens is 516 g/mol. The van der Waals surface area contributed by atoms with E-state index in [2.05, 4.69) is 20.9 Å². The second kappa shape index (κ2) is 16.4. The van der Waals surface area contributed by atoms with Crippen LogP contribution in [-0.4, -0.2) is 88.2 Å². The average molecular weight is 553 g/mol. The number of aliphatic hydroxyl groups is 1. The highest BCUT2D eigenvalue weighted by atomic mass is 16.4. The second-order valence-electron chi connectivity index (χ2n) is 8.64. The van der Waals surface area contributed by atoms with Gasteiger partial charge in [0.1, 0.15) is 23.9 Å². The number of carbonyl (C=O) groups excluding carboxylic acids is 4. The quantitative estimate of drug-likeness (QED) is 0.0506. The van der Waals surface area contributed by atoms with Gasteiger partial charge in [-0.1, -0.05) is 12.1 Å². The van der Waals surface area contributed by atoms with E-state index in [0.29, 0.717) is 12.0 Å². The Morgan fingerprint density at radius 3 is 1.95 bits per heavy atom. The molecule has 0 radical (unpaired) electrons. The van der Waals surface area contributed by atoms with Gasteiger partial charge in [-0.15, -0.1) is 0 Å². The number of guanidine groups is 1. The first-order valence-corrected chi connectivity index (χ1v) is 12.0. The molecule has 1 rings (SSSR count). The molecule has 16 heteroatoms. The van der Waals surface area contributed by atoms with E-state index < -0.39 is 60.4 Å². The van der Waals surface area contributed by atoms with E-state index in [-0.39, 0.29) is 43.9 Å². The number of nitrogens with two attached hydrogens (primary N) is 4. The standard InChI is InChI=1S/C23H36N8O8/c24-14(2-1-9-28-23(26)27)19(35)30-16(10-12-3-5-13(33)6-4-12)20(36)31-17(11-32)21(37)29-15(22(38)39)7-8-18(25)34/h3-6,14-17,32-33H,1-2,7-11,24H2,(H2,25,34)(H,29,37)(H,30,35)(H,31,36)(H,38,39)(H4,26,27,28).